The number of halogens is 2. The number of rotatable bonds is 7. The van der Waals surface area contributed by atoms with E-state index >= 15 is 0 Å². The van der Waals surface area contributed by atoms with Crippen LogP contribution in [0.4, 0.5) is 0 Å². The van der Waals surface area contributed by atoms with Gasteiger partial charge in [-0.3, -0.25) is 19.2 Å². The molecule has 0 atom stereocenters. The quantitative estimate of drug-likeness (QED) is 0.442. The van der Waals surface area contributed by atoms with Crippen LogP contribution in [0.3, 0.4) is 0 Å². The fraction of sp³-hybridized carbons (Fsp3) is 0.231. The molecule has 0 aliphatic carbocycles. The predicted octanol–water partition coefficient (Wildman–Crippen LogP) is -0.254. The molecule has 1 rings (SSSR count). The molecule has 0 spiro atoms. The Labute approximate surface area is 145 Å². The Hall–Kier alpha value is -2.52. The summed E-state index contributed by atoms with van der Waals surface area (Å²) in [6.45, 7) is -1.42. The molecule has 11 heteroatoms. The van der Waals surface area contributed by atoms with Gasteiger partial charge in [-0.2, -0.15) is 0 Å². The topological polar surface area (TPSA) is 145 Å². The van der Waals surface area contributed by atoms with E-state index in [4.69, 9.17) is 28.3 Å². The summed E-state index contributed by atoms with van der Waals surface area (Å²) in [5, 5.41) is 24.0. The van der Waals surface area contributed by atoms with Crippen molar-refractivity contribution in [2.24, 2.45) is 0 Å². The second-order valence-corrected chi connectivity index (χ2v) is 5.23. The van der Waals surface area contributed by atoms with Gasteiger partial charge in [0.15, 0.2) is 5.75 Å². The van der Waals surface area contributed by atoms with Crippen molar-refractivity contribution in [3.8, 4) is 5.75 Å². The summed E-state index contributed by atoms with van der Waals surface area (Å²) in [5.41, 5.74) is 0.0369. The number of aromatic hydroxyl groups is 1. The molecule has 0 aliphatic rings. The van der Waals surface area contributed by atoms with Crippen LogP contribution in [0.15, 0.2) is 12.1 Å². The molecule has 0 saturated heterocycles. The maximum atomic E-state index is 11.8. The Morgan fingerprint density at radius 3 is 1.83 bits per heavy atom. The Kier molecular flexibility index (Phi) is 7.28. The fourth-order valence-electron chi connectivity index (χ4n) is 1.44. The van der Waals surface area contributed by atoms with Gasteiger partial charge in [0.1, 0.15) is 6.54 Å². The van der Waals surface area contributed by atoms with Crippen LogP contribution in [-0.2, 0) is 14.4 Å². The third-order valence-electron chi connectivity index (χ3n) is 2.57. The average molecular weight is 378 g/mol. The molecule has 0 heterocycles. The number of nitrogens with one attached hydrogen (secondary N) is 3. The van der Waals surface area contributed by atoms with E-state index in [1.54, 1.807) is 0 Å². The van der Waals surface area contributed by atoms with E-state index in [1.165, 1.54) is 12.1 Å². The highest BCUT2D eigenvalue weighted by molar-refractivity contribution is 6.37. The molecular formula is C13H13Cl2N3O6. The maximum absolute atomic E-state index is 11.8. The van der Waals surface area contributed by atoms with Gasteiger partial charge in [0.05, 0.1) is 23.1 Å². The fourth-order valence-corrected chi connectivity index (χ4v) is 1.92. The lowest BCUT2D eigenvalue weighted by atomic mass is 10.2. The summed E-state index contributed by atoms with van der Waals surface area (Å²) in [4.78, 5) is 44.8. The van der Waals surface area contributed by atoms with Crippen molar-refractivity contribution in [2.75, 3.05) is 19.6 Å². The number of carboxylic acid groups (broad SMARTS) is 1. The van der Waals surface area contributed by atoms with Crippen LogP contribution in [0.5, 0.6) is 5.75 Å². The third-order valence-corrected chi connectivity index (χ3v) is 3.15. The monoisotopic (exact) mass is 377 g/mol. The van der Waals surface area contributed by atoms with E-state index in [0.717, 1.165) is 0 Å². The van der Waals surface area contributed by atoms with Crippen LogP contribution in [0.25, 0.3) is 0 Å². The van der Waals surface area contributed by atoms with Crippen molar-refractivity contribution in [3.63, 3.8) is 0 Å². The molecule has 1 aromatic carbocycles. The highest BCUT2D eigenvalue weighted by atomic mass is 35.5. The summed E-state index contributed by atoms with van der Waals surface area (Å²) < 4.78 is 0. The molecule has 3 amide bonds. The van der Waals surface area contributed by atoms with Crippen molar-refractivity contribution in [3.05, 3.63) is 27.7 Å². The molecule has 0 unspecified atom stereocenters. The van der Waals surface area contributed by atoms with Gasteiger partial charge in [0.25, 0.3) is 5.91 Å². The second kappa shape index (κ2) is 8.94. The van der Waals surface area contributed by atoms with Crippen molar-refractivity contribution in [1.29, 1.82) is 0 Å². The van der Waals surface area contributed by atoms with E-state index in [1.807, 2.05) is 0 Å². The number of phenolic OH excluding ortho intramolecular Hbond substituents is 1. The van der Waals surface area contributed by atoms with Crippen molar-refractivity contribution in [2.45, 2.75) is 0 Å². The molecule has 5 N–H and O–H groups in total. The third kappa shape index (κ3) is 6.31. The number of phenols is 1. The lowest BCUT2D eigenvalue weighted by Crippen LogP contribution is -2.42. The van der Waals surface area contributed by atoms with Crippen molar-refractivity contribution in [1.82, 2.24) is 16.0 Å². The normalized spacial score (nSPS) is 9.92. The minimum atomic E-state index is -1.21. The zero-order valence-electron chi connectivity index (χ0n) is 12.1. The van der Waals surface area contributed by atoms with Crippen LogP contribution in [0.1, 0.15) is 10.4 Å². The molecule has 0 saturated carbocycles. The first-order valence-electron chi connectivity index (χ1n) is 6.42. The van der Waals surface area contributed by atoms with Crippen LogP contribution >= 0.6 is 23.2 Å². The number of amides is 3. The Morgan fingerprint density at radius 1 is 0.875 bits per heavy atom. The molecule has 0 bridgehead atoms. The number of carbonyl (C=O) groups excluding carboxylic acids is 3. The highest BCUT2D eigenvalue weighted by Crippen LogP contribution is 2.32. The SMILES string of the molecule is O=C(O)CNC(=O)CNC(=O)CNC(=O)c1cc(Cl)c(O)c(Cl)c1. The number of carbonyl (C=O) groups is 4. The van der Waals surface area contributed by atoms with Gasteiger partial charge in [0.2, 0.25) is 11.8 Å². The van der Waals surface area contributed by atoms with Crippen LogP contribution in [0, 0.1) is 0 Å². The van der Waals surface area contributed by atoms with Crippen molar-refractivity contribution >= 4 is 46.9 Å². The standard InChI is InChI=1S/C13H13Cl2N3O6/c14-7-1-6(2-8(15)12(7)23)13(24)18-4-10(20)16-3-9(19)17-5-11(21)22/h1-2,23H,3-5H2,(H,16,20)(H,17,19)(H,18,24)(H,21,22). The van der Waals surface area contributed by atoms with Crippen LogP contribution in [0.2, 0.25) is 10.0 Å². The van der Waals surface area contributed by atoms with E-state index in [9.17, 15) is 24.3 Å². The first-order valence-corrected chi connectivity index (χ1v) is 7.17. The van der Waals surface area contributed by atoms with Gasteiger partial charge in [0, 0.05) is 5.56 Å². The van der Waals surface area contributed by atoms with Gasteiger partial charge in [-0.15, -0.1) is 0 Å². The lowest BCUT2D eigenvalue weighted by molar-refractivity contribution is -0.137. The molecule has 130 valence electrons. The first-order chi connectivity index (χ1) is 11.2. The van der Waals surface area contributed by atoms with Gasteiger partial charge in [-0.25, -0.2) is 0 Å². The van der Waals surface area contributed by atoms with Gasteiger partial charge < -0.3 is 26.2 Å². The largest absolute Gasteiger partial charge is 0.505 e. The van der Waals surface area contributed by atoms with Gasteiger partial charge in [-0.05, 0) is 12.1 Å². The summed E-state index contributed by atoms with van der Waals surface area (Å²) in [7, 11) is 0. The van der Waals surface area contributed by atoms with Crippen LogP contribution < -0.4 is 16.0 Å². The van der Waals surface area contributed by atoms with Gasteiger partial charge in [-0.1, -0.05) is 23.2 Å². The Bertz CT molecular complexity index is 657. The molecule has 0 aromatic heterocycles. The second-order valence-electron chi connectivity index (χ2n) is 4.42. The lowest BCUT2D eigenvalue weighted by Gasteiger charge is -2.08. The number of aliphatic carboxylic acids is 1. The summed E-state index contributed by atoms with van der Waals surface area (Å²) in [6.07, 6.45) is 0. The maximum Gasteiger partial charge on any atom is 0.322 e. The summed E-state index contributed by atoms with van der Waals surface area (Å²) >= 11 is 11.4. The smallest absolute Gasteiger partial charge is 0.322 e. The average Bonchev–Trinajstić information content (AvgIpc) is 2.53. The molecule has 24 heavy (non-hydrogen) atoms. The molecular weight excluding hydrogens is 365 g/mol. The van der Waals surface area contributed by atoms with Crippen molar-refractivity contribution < 1.29 is 29.4 Å². The van der Waals surface area contributed by atoms with Gasteiger partial charge >= 0.3 is 5.97 Å². The van der Waals surface area contributed by atoms with E-state index in [-0.39, 0.29) is 21.4 Å². The minimum absolute atomic E-state index is 0.0369. The molecule has 0 radical (unpaired) electrons. The zero-order valence-corrected chi connectivity index (χ0v) is 13.6. The van der Waals surface area contributed by atoms with E-state index in [0.29, 0.717) is 0 Å². The Morgan fingerprint density at radius 2 is 1.33 bits per heavy atom. The van der Waals surface area contributed by atoms with E-state index in [2.05, 4.69) is 16.0 Å². The first kappa shape index (κ1) is 19.5. The zero-order chi connectivity index (χ0) is 18.3. The molecule has 0 fully saturated rings. The summed E-state index contributed by atoms with van der Waals surface area (Å²) in [6, 6.07) is 2.35. The predicted molar refractivity (Wildman–Crippen MR) is 84.1 cm³/mol. The Balaban J connectivity index is 2.43. The van der Waals surface area contributed by atoms with E-state index < -0.39 is 43.3 Å². The number of benzene rings is 1. The molecule has 9 nitrogen and oxygen atoms in total. The summed E-state index contributed by atoms with van der Waals surface area (Å²) in [5.74, 6) is -3.59. The van der Waals surface area contributed by atoms with Crippen LogP contribution in [-0.4, -0.2) is 53.5 Å². The molecule has 0 aliphatic heterocycles. The number of hydrogen-bond acceptors (Lipinski definition) is 5. The highest BCUT2D eigenvalue weighted by Gasteiger charge is 2.13. The number of hydrogen-bond donors (Lipinski definition) is 5. The minimum Gasteiger partial charge on any atom is -0.505 e. The number of carboxylic acids is 1. The molecule has 1 aromatic rings.